The molecule has 2 rings (SSSR count). The number of carbonyl (C=O) groups excluding carboxylic acids is 2. The van der Waals surface area contributed by atoms with E-state index in [9.17, 15) is 14.4 Å². The van der Waals surface area contributed by atoms with Crippen LogP contribution in [0, 0.1) is 0 Å². The Morgan fingerprint density at radius 2 is 2.00 bits per heavy atom. The molecule has 1 unspecified atom stereocenters. The van der Waals surface area contributed by atoms with E-state index in [0.717, 1.165) is 0 Å². The van der Waals surface area contributed by atoms with Crippen molar-refractivity contribution in [2.45, 2.75) is 18.9 Å². The second-order valence-corrected chi connectivity index (χ2v) is 4.96. The van der Waals surface area contributed by atoms with E-state index >= 15 is 0 Å². The van der Waals surface area contributed by atoms with Gasteiger partial charge in [-0.1, -0.05) is 18.2 Å². The second kappa shape index (κ2) is 7.44. The highest BCUT2D eigenvalue weighted by molar-refractivity contribution is 5.88. The predicted octanol–water partition coefficient (Wildman–Crippen LogP) is 0.257. The van der Waals surface area contributed by atoms with Crippen molar-refractivity contribution in [3.63, 3.8) is 0 Å². The van der Waals surface area contributed by atoms with Gasteiger partial charge in [-0.3, -0.25) is 9.59 Å². The van der Waals surface area contributed by atoms with E-state index < -0.39 is 23.8 Å². The van der Waals surface area contributed by atoms with Crippen LogP contribution < -0.4 is 10.1 Å². The van der Waals surface area contributed by atoms with Gasteiger partial charge in [-0.2, -0.15) is 0 Å². The molecule has 2 N–H and O–H groups in total. The van der Waals surface area contributed by atoms with Crippen LogP contribution in [-0.4, -0.2) is 53.5 Å². The molecule has 7 heteroatoms. The van der Waals surface area contributed by atoms with Crippen LogP contribution in [0.4, 0.5) is 0 Å². The van der Waals surface area contributed by atoms with Crippen molar-refractivity contribution in [3.8, 4) is 5.75 Å². The van der Waals surface area contributed by atoms with Crippen LogP contribution in [-0.2, 0) is 14.4 Å². The van der Waals surface area contributed by atoms with Crippen molar-refractivity contribution >= 4 is 17.8 Å². The lowest BCUT2D eigenvalue weighted by Gasteiger charge is -2.21. The summed E-state index contributed by atoms with van der Waals surface area (Å²) in [5.41, 5.74) is 0. The number of hydrogen-bond donors (Lipinski definition) is 2. The first-order valence-electron chi connectivity index (χ1n) is 7.05. The number of carbonyl (C=O) groups is 3. The summed E-state index contributed by atoms with van der Waals surface area (Å²) in [7, 11) is 0. The topological polar surface area (TPSA) is 95.9 Å². The van der Waals surface area contributed by atoms with Crippen LogP contribution in [0.2, 0.25) is 0 Å². The van der Waals surface area contributed by atoms with Gasteiger partial charge in [0.15, 0.2) is 6.61 Å². The highest BCUT2D eigenvalue weighted by Crippen LogP contribution is 2.17. The third kappa shape index (κ3) is 4.21. The lowest BCUT2D eigenvalue weighted by molar-refractivity contribution is -0.148. The summed E-state index contributed by atoms with van der Waals surface area (Å²) in [6.45, 7) is -0.00734. The SMILES string of the molecule is O=C(COc1ccccc1)NCC(=O)N1CCCC1C(=O)O. The first kappa shape index (κ1) is 15.8. The minimum Gasteiger partial charge on any atom is -0.484 e. The Morgan fingerprint density at radius 1 is 1.27 bits per heavy atom. The zero-order chi connectivity index (χ0) is 15.9. The first-order valence-corrected chi connectivity index (χ1v) is 7.05. The Labute approximate surface area is 127 Å². The Morgan fingerprint density at radius 3 is 2.68 bits per heavy atom. The van der Waals surface area contributed by atoms with Crippen LogP contribution in [0.15, 0.2) is 30.3 Å². The zero-order valence-corrected chi connectivity index (χ0v) is 12.0. The molecule has 1 fully saturated rings. The first-order chi connectivity index (χ1) is 10.6. The summed E-state index contributed by atoms with van der Waals surface area (Å²) in [5, 5.41) is 11.5. The number of rotatable bonds is 6. The predicted molar refractivity (Wildman–Crippen MR) is 77.3 cm³/mol. The number of amides is 2. The lowest BCUT2D eigenvalue weighted by Crippen LogP contribution is -2.46. The van der Waals surface area contributed by atoms with Crippen molar-refractivity contribution in [3.05, 3.63) is 30.3 Å². The molecule has 0 spiro atoms. The number of carboxylic acids is 1. The lowest BCUT2D eigenvalue weighted by atomic mass is 10.2. The van der Waals surface area contributed by atoms with Crippen molar-refractivity contribution in [2.75, 3.05) is 19.7 Å². The molecule has 0 aromatic heterocycles. The fraction of sp³-hybridized carbons (Fsp3) is 0.400. The van der Waals surface area contributed by atoms with Crippen LogP contribution in [0.5, 0.6) is 5.75 Å². The molecule has 118 valence electrons. The van der Waals surface area contributed by atoms with Gasteiger partial charge in [-0.05, 0) is 25.0 Å². The van der Waals surface area contributed by atoms with Gasteiger partial charge < -0.3 is 20.1 Å². The van der Waals surface area contributed by atoms with Crippen LogP contribution in [0.1, 0.15) is 12.8 Å². The third-order valence-corrected chi connectivity index (χ3v) is 3.41. The molecule has 1 aliphatic rings. The second-order valence-electron chi connectivity index (χ2n) is 4.96. The molecule has 2 amide bonds. The Hall–Kier alpha value is -2.57. The number of nitrogens with zero attached hydrogens (tertiary/aromatic N) is 1. The van der Waals surface area contributed by atoms with E-state index in [2.05, 4.69) is 5.32 Å². The highest BCUT2D eigenvalue weighted by atomic mass is 16.5. The van der Waals surface area contributed by atoms with Gasteiger partial charge >= 0.3 is 5.97 Å². The quantitative estimate of drug-likeness (QED) is 0.786. The maximum Gasteiger partial charge on any atom is 0.326 e. The standard InChI is InChI=1S/C15H18N2O5/c18-13(10-22-11-5-2-1-3-6-11)16-9-14(19)17-8-4-7-12(17)15(20)21/h1-3,5-6,12H,4,7-10H2,(H,16,18)(H,20,21). The molecular weight excluding hydrogens is 288 g/mol. The van der Waals surface area contributed by atoms with Crippen molar-refractivity contribution in [1.82, 2.24) is 10.2 Å². The van der Waals surface area contributed by atoms with Crippen LogP contribution in [0.25, 0.3) is 0 Å². The number of nitrogens with one attached hydrogen (secondary N) is 1. The molecular formula is C15H18N2O5. The van der Waals surface area contributed by atoms with Gasteiger partial charge in [0.1, 0.15) is 11.8 Å². The fourth-order valence-corrected chi connectivity index (χ4v) is 2.31. The number of aliphatic carboxylic acids is 1. The molecule has 0 saturated carbocycles. The Kier molecular flexibility index (Phi) is 5.35. The molecule has 0 aliphatic carbocycles. The summed E-state index contributed by atoms with van der Waals surface area (Å²) in [4.78, 5) is 35.9. The molecule has 1 aliphatic heterocycles. The van der Waals surface area contributed by atoms with Crippen LogP contribution >= 0.6 is 0 Å². The summed E-state index contributed by atoms with van der Waals surface area (Å²) >= 11 is 0. The molecule has 1 heterocycles. The minimum atomic E-state index is -1.01. The van der Waals surface area contributed by atoms with Gasteiger partial charge in [-0.15, -0.1) is 0 Å². The smallest absolute Gasteiger partial charge is 0.326 e. The van der Waals surface area contributed by atoms with E-state index in [-0.39, 0.29) is 13.2 Å². The minimum absolute atomic E-state index is 0.195. The normalized spacial score (nSPS) is 17.1. The number of likely N-dealkylation sites (tertiary alicyclic amines) is 1. The Balaban J connectivity index is 1.74. The summed E-state index contributed by atoms with van der Waals surface area (Å²) in [6.07, 6.45) is 1.11. The van der Waals surface area contributed by atoms with Crippen LogP contribution in [0.3, 0.4) is 0 Å². The van der Waals surface area contributed by atoms with Gasteiger partial charge in [-0.25, -0.2) is 4.79 Å². The summed E-state index contributed by atoms with van der Waals surface area (Å²) in [5.74, 6) is -1.26. The van der Waals surface area contributed by atoms with Crippen molar-refractivity contribution < 1.29 is 24.2 Å². The molecule has 1 aromatic carbocycles. The van der Waals surface area contributed by atoms with E-state index in [1.807, 2.05) is 6.07 Å². The van der Waals surface area contributed by atoms with Gasteiger partial charge in [0.2, 0.25) is 5.91 Å². The number of ether oxygens (including phenoxy) is 1. The van der Waals surface area contributed by atoms with E-state index in [0.29, 0.717) is 25.1 Å². The van der Waals surface area contributed by atoms with Crippen molar-refractivity contribution in [1.29, 1.82) is 0 Å². The van der Waals surface area contributed by atoms with E-state index in [1.54, 1.807) is 24.3 Å². The highest BCUT2D eigenvalue weighted by Gasteiger charge is 2.33. The maximum absolute atomic E-state index is 11.9. The Bertz CT molecular complexity index is 546. The maximum atomic E-state index is 11.9. The molecule has 22 heavy (non-hydrogen) atoms. The molecule has 0 radical (unpaired) electrons. The molecule has 7 nitrogen and oxygen atoms in total. The zero-order valence-electron chi connectivity index (χ0n) is 12.0. The van der Waals surface area contributed by atoms with Gasteiger partial charge in [0, 0.05) is 6.54 Å². The van der Waals surface area contributed by atoms with E-state index in [1.165, 1.54) is 4.90 Å². The molecule has 1 atom stereocenters. The van der Waals surface area contributed by atoms with Crippen molar-refractivity contribution in [2.24, 2.45) is 0 Å². The van der Waals surface area contributed by atoms with Gasteiger partial charge in [0.05, 0.1) is 6.54 Å². The third-order valence-electron chi connectivity index (χ3n) is 3.41. The molecule has 1 aromatic rings. The average molecular weight is 306 g/mol. The molecule has 1 saturated heterocycles. The molecule has 0 bridgehead atoms. The largest absolute Gasteiger partial charge is 0.484 e. The number of benzene rings is 1. The fourth-order valence-electron chi connectivity index (χ4n) is 2.31. The number of carboxylic acid groups (broad SMARTS) is 1. The average Bonchev–Trinajstić information content (AvgIpc) is 3.01. The summed E-state index contributed by atoms with van der Waals surface area (Å²) < 4.78 is 5.25. The van der Waals surface area contributed by atoms with Gasteiger partial charge in [0.25, 0.3) is 5.91 Å². The number of hydrogen-bond acceptors (Lipinski definition) is 4. The monoisotopic (exact) mass is 306 g/mol. The summed E-state index contributed by atoms with van der Waals surface area (Å²) in [6, 6.07) is 8.07. The number of para-hydroxylation sites is 1. The van der Waals surface area contributed by atoms with E-state index in [4.69, 9.17) is 9.84 Å².